The van der Waals surface area contributed by atoms with Crippen LogP contribution in [0.15, 0.2) is 24.3 Å². The van der Waals surface area contributed by atoms with E-state index in [1.165, 1.54) is 31.4 Å². The zero-order chi connectivity index (χ0) is 19.3. The van der Waals surface area contributed by atoms with E-state index in [0.717, 1.165) is 64.1 Å². The Bertz CT molecular complexity index is 628. The Kier molecular flexibility index (Phi) is 6.37. The fraction of sp³-hybridized carbons (Fsp3) is 0.682. The Morgan fingerprint density at radius 2 is 1.57 bits per heavy atom. The number of piperazine rings is 2. The minimum atomic E-state index is 0.309. The number of benzene rings is 1. The average molecular weight is 387 g/mol. The zero-order valence-corrected chi connectivity index (χ0v) is 17.2. The highest BCUT2D eigenvalue weighted by atomic mass is 16.5. The van der Waals surface area contributed by atoms with Crippen LogP contribution in [0.1, 0.15) is 25.7 Å². The summed E-state index contributed by atoms with van der Waals surface area (Å²) in [6.07, 6.45) is 5.47. The Morgan fingerprint density at radius 3 is 2.18 bits per heavy atom. The van der Waals surface area contributed by atoms with Crippen LogP contribution in [0.2, 0.25) is 0 Å². The third-order valence-corrected chi connectivity index (χ3v) is 6.68. The van der Waals surface area contributed by atoms with E-state index in [4.69, 9.17) is 4.74 Å². The van der Waals surface area contributed by atoms with Gasteiger partial charge < -0.3 is 14.5 Å². The minimum Gasteiger partial charge on any atom is -0.497 e. The zero-order valence-electron chi connectivity index (χ0n) is 17.2. The molecule has 1 aliphatic carbocycles. The first-order valence-corrected chi connectivity index (χ1v) is 10.9. The fourth-order valence-corrected chi connectivity index (χ4v) is 4.85. The molecule has 0 radical (unpaired) electrons. The molecule has 6 heteroatoms. The number of ether oxygens (including phenoxy) is 1. The predicted molar refractivity (Wildman–Crippen MR) is 112 cm³/mol. The van der Waals surface area contributed by atoms with E-state index in [-0.39, 0.29) is 0 Å². The van der Waals surface area contributed by atoms with E-state index in [1.807, 2.05) is 12.1 Å². The van der Waals surface area contributed by atoms with Crippen LogP contribution in [-0.4, -0.2) is 92.7 Å². The lowest BCUT2D eigenvalue weighted by Crippen LogP contribution is -2.55. The van der Waals surface area contributed by atoms with Gasteiger partial charge in [0.1, 0.15) is 5.75 Å². The van der Waals surface area contributed by atoms with Gasteiger partial charge in [0.25, 0.3) is 0 Å². The van der Waals surface area contributed by atoms with Gasteiger partial charge in [-0.2, -0.15) is 0 Å². The number of anilines is 1. The molecule has 4 rings (SSSR count). The normalized spacial score (nSPS) is 22.6. The summed E-state index contributed by atoms with van der Waals surface area (Å²) in [5.41, 5.74) is 1.23. The summed E-state index contributed by atoms with van der Waals surface area (Å²) < 4.78 is 5.24. The van der Waals surface area contributed by atoms with Crippen LogP contribution < -0.4 is 9.64 Å². The molecule has 0 N–H and O–H groups in total. The summed E-state index contributed by atoms with van der Waals surface area (Å²) in [5, 5.41) is 0. The molecule has 2 saturated heterocycles. The molecule has 3 fully saturated rings. The molecule has 1 aromatic rings. The Balaban J connectivity index is 1.19. The van der Waals surface area contributed by atoms with Crippen molar-refractivity contribution >= 4 is 11.6 Å². The highest BCUT2D eigenvalue weighted by Gasteiger charge is 2.29. The predicted octanol–water partition coefficient (Wildman–Crippen LogP) is 1.90. The van der Waals surface area contributed by atoms with Gasteiger partial charge in [0.15, 0.2) is 0 Å². The second-order valence-electron chi connectivity index (χ2n) is 8.32. The lowest BCUT2D eigenvalue weighted by Gasteiger charge is -2.40. The fourth-order valence-electron chi connectivity index (χ4n) is 4.85. The van der Waals surface area contributed by atoms with E-state index in [1.54, 1.807) is 7.11 Å². The second-order valence-corrected chi connectivity index (χ2v) is 8.32. The molecule has 6 nitrogen and oxygen atoms in total. The molecule has 0 bridgehead atoms. The van der Waals surface area contributed by atoms with Gasteiger partial charge in [0.05, 0.1) is 13.7 Å². The van der Waals surface area contributed by atoms with Crippen LogP contribution >= 0.6 is 0 Å². The summed E-state index contributed by atoms with van der Waals surface area (Å²) in [4.78, 5) is 22.2. The smallest absolute Gasteiger partial charge is 0.236 e. The van der Waals surface area contributed by atoms with Crippen molar-refractivity contribution < 1.29 is 9.53 Å². The molecule has 2 aliphatic heterocycles. The van der Waals surface area contributed by atoms with Gasteiger partial charge in [0, 0.05) is 64.1 Å². The quantitative estimate of drug-likeness (QED) is 0.773. The van der Waals surface area contributed by atoms with Crippen LogP contribution in [0.5, 0.6) is 5.75 Å². The molecule has 154 valence electrons. The number of hydrogen-bond acceptors (Lipinski definition) is 5. The second kappa shape index (κ2) is 9.14. The summed E-state index contributed by atoms with van der Waals surface area (Å²) >= 11 is 0. The van der Waals surface area contributed by atoms with Gasteiger partial charge in [-0.15, -0.1) is 0 Å². The third kappa shape index (κ3) is 4.61. The number of hydrogen-bond donors (Lipinski definition) is 0. The Hall–Kier alpha value is -1.79. The molecule has 0 spiro atoms. The molecule has 3 aliphatic rings. The van der Waals surface area contributed by atoms with Crippen molar-refractivity contribution in [2.24, 2.45) is 0 Å². The van der Waals surface area contributed by atoms with Gasteiger partial charge in [0.2, 0.25) is 5.91 Å². The number of rotatable bonds is 5. The summed E-state index contributed by atoms with van der Waals surface area (Å²) in [5.74, 6) is 1.20. The van der Waals surface area contributed by atoms with Crippen LogP contribution in [0.3, 0.4) is 0 Å². The van der Waals surface area contributed by atoms with E-state index in [9.17, 15) is 4.79 Å². The van der Waals surface area contributed by atoms with Crippen molar-refractivity contribution in [3.8, 4) is 5.75 Å². The van der Waals surface area contributed by atoms with Crippen LogP contribution in [-0.2, 0) is 4.79 Å². The standard InChI is InChI=1S/C22H34N4O2/c1-28-21-8-6-20(7-9-21)24-12-10-23(11-13-24)18-22(27)26-16-14-25(15-17-26)19-4-2-3-5-19/h6-9,19H,2-5,10-18H2,1H3. The molecule has 0 unspecified atom stereocenters. The van der Waals surface area contributed by atoms with Gasteiger partial charge in [-0.1, -0.05) is 12.8 Å². The van der Waals surface area contributed by atoms with Crippen LogP contribution in [0.4, 0.5) is 5.69 Å². The van der Waals surface area contributed by atoms with Crippen LogP contribution in [0, 0.1) is 0 Å². The first-order chi connectivity index (χ1) is 13.7. The average Bonchev–Trinajstić information content (AvgIpc) is 3.29. The minimum absolute atomic E-state index is 0.309. The lowest BCUT2D eigenvalue weighted by molar-refractivity contribution is -0.134. The summed E-state index contributed by atoms with van der Waals surface area (Å²) in [6, 6.07) is 9.03. The lowest BCUT2D eigenvalue weighted by atomic mass is 10.2. The van der Waals surface area contributed by atoms with Gasteiger partial charge in [-0.3, -0.25) is 14.6 Å². The molecule has 1 amide bonds. The highest BCUT2D eigenvalue weighted by Crippen LogP contribution is 2.24. The highest BCUT2D eigenvalue weighted by molar-refractivity contribution is 5.78. The van der Waals surface area contributed by atoms with E-state index in [2.05, 4.69) is 31.7 Å². The summed E-state index contributed by atoms with van der Waals surface area (Å²) in [7, 11) is 1.69. The molecular weight excluding hydrogens is 352 g/mol. The van der Waals surface area contributed by atoms with E-state index in [0.29, 0.717) is 12.5 Å². The number of nitrogens with zero attached hydrogens (tertiary/aromatic N) is 4. The van der Waals surface area contributed by atoms with Gasteiger partial charge >= 0.3 is 0 Å². The molecule has 2 heterocycles. The molecule has 0 atom stereocenters. The summed E-state index contributed by atoms with van der Waals surface area (Å²) in [6.45, 7) is 8.31. The topological polar surface area (TPSA) is 39.3 Å². The Morgan fingerprint density at radius 1 is 0.929 bits per heavy atom. The third-order valence-electron chi connectivity index (χ3n) is 6.68. The molecule has 28 heavy (non-hydrogen) atoms. The van der Waals surface area contributed by atoms with E-state index >= 15 is 0 Å². The first kappa shape index (κ1) is 19.5. The van der Waals surface area contributed by atoms with Crippen molar-refractivity contribution in [1.29, 1.82) is 0 Å². The largest absolute Gasteiger partial charge is 0.497 e. The maximum absolute atomic E-state index is 12.8. The van der Waals surface area contributed by atoms with Gasteiger partial charge in [-0.25, -0.2) is 0 Å². The van der Waals surface area contributed by atoms with Crippen molar-refractivity contribution in [3.63, 3.8) is 0 Å². The maximum Gasteiger partial charge on any atom is 0.236 e. The number of amides is 1. The SMILES string of the molecule is COc1ccc(N2CCN(CC(=O)N3CCN(C4CCCC4)CC3)CC2)cc1. The molecule has 1 aromatic carbocycles. The first-order valence-electron chi connectivity index (χ1n) is 10.9. The number of methoxy groups -OCH3 is 1. The van der Waals surface area contributed by atoms with Gasteiger partial charge in [-0.05, 0) is 37.1 Å². The maximum atomic E-state index is 12.8. The number of carbonyl (C=O) groups excluding carboxylic acids is 1. The van der Waals surface area contributed by atoms with E-state index < -0.39 is 0 Å². The van der Waals surface area contributed by atoms with Crippen molar-refractivity contribution in [1.82, 2.24) is 14.7 Å². The van der Waals surface area contributed by atoms with Crippen molar-refractivity contribution in [2.75, 3.05) is 70.9 Å². The number of carbonyl (C=O) groups is 1. The molecule has 0 aromatic heterocycles. The van der Waals surface area contributed by atoms with Crippen molar-refractivity contribution in [2.45, 2.75) is 31.7 Å². The Labute approximate surface area is 169 Å². The molecule has 1 saturated carbocycles. The van der Waals surface area contributed by atoms with Crippen molar-refractivity contribution in [3.05, 3.63) is 24.3 Å². The molecular formula is C22H34N4O2. The monoisotopic (exact) mass is 386 g/mol. The van der Waals surface area contributed by atoms with Crippen LogP contribution in [0.25, 0.3) is 0 Å².